The molecule has 1 aliphatic rings. The highest BCUT2D eigenvalue weighted by Crippen LogP contribution is 2.20. The fourth-order valence-electron chi connectivity index (χ4n) is 3.26. The average molecular weight is 366 g/mol. The third-order valence-electron chi connectivity index (χ3n) is 4.83. The first-order valence-electron chi connectivity index (χ1n) is 9.46. The van der Waals surface area contributed by atoms with Crippen molar-refractivity contribution in [1.29, 1.82) is 0 Å². The maximum absolute atomic E-state index is 12.4. The van der Waals surface area contributed by atoms with Gasteiger partial charge in [-0.3, -0.25) is 9.59 Å². The largest absolute Gasteiger partial charge is 0.490 e. The summed E-state index contributed by atoms with van der Waals surface area (Å²) in [7, 11) is 0. The number of piperidine rings is 1. The van der Waals surface area contributed by atoms with Crippen LogP contribution in [0, 0.1) is 0 Å². The van der Waals surface area contributed by atoms with E-state index in [1.54, 1.807) is 19.1 Å². The molecule has 2 aromatic carbocycles. The van der Waals surface area contributed by atoms with Crippen LogP contribution >= 0.6 is 0 Å². The van der Waals surface area contributed by atoms with Crippen molar-refractivity contribution in [2.75, 3.05) is 19.6 Å². The second kappa shape index (κ2) is 9.21. The fraction of sp³-hybridized carbons (Fsp3) is 0.364. The SMILES string of the molecule is CC(=O)N1CCC(Oc2cccc(C(=O)NCCc3ccccc3)c2)CC1. The molecule has 1 fully saturated rings. The third-order valence-corrected chi connectivity index (χ3v) is 4.83. The van der Waals surface area contributed by atoms with Gasteiger partial charge in [0.1, 0.15) is 11.9 Å². The van der Waals surface area contributed by atoms with E-state index in [2.05, 4.69) is 17.4 Å². The first-order valence-corrected chi connectivity index (χ1v) is 9.46. The first kappa shape index (κ1) is 19.0. The number of benzene rings is 2. The van der Waals surface area contributed by atoms with Crippen molar-refractivity contribution in [3.8, 4) is 5.75 Å². The lowest BCUT2D eigenvalue weighted by Crippen LogP contribution is -2.40. The van der Waals surface area contributed by atoms with Crippen molar-refractivity contribution in [3.05, 3.63) is 65.7 Å². The molecule has 5 nitrogen and oxygen atoms in total. The molecule has 1 saturated heterocycles. The van der Waals surface area contributed by atoms with Gasteiger partial charge in [-0.2, -0.15) is 0 Å². The van der Waals surface area contributed by atoms with E-state index >= 15 is 0 Å². The molecule has 3 rings (SSSR count). The van der Waals surface area contributed by atoms with Gasteiger partial charge in [0.2, 0.25) is 5.91 Å². The molecule has 2 aromatic rings. The molecule has 1 heterocycles. The molecule has 1 aliphatic heterocycles. The van der Waals surface area contributed by atoms with Crippen molar-refractivity contribution in [1.82, 2.24) is 10.2 Å². The van der Waals surface area contributed by atoms with Crippen LogP contribution in [0.25, 0.3) is 0 Å². The van der Waals surface area contributed by atoms with Gasteiger partial charge in [-0.15, -0.1) is 0 Å². The molecule has 2 amide bonds. The number of carbonyl (C=O) groups excluding carboxylic acids is 2. The van der Waals surface area contributed by atoms with E-state index in [4.69, 9.17) is 4.74 Å². The Labute approximate surface area is 160 Å². The molecular formula is C22H26N2O3. The van der Waals surface area contributed by atoms with Crippen LogP contribution in [0.4, 0.5) is 0 Å². The fourth-order valence-corrected chi connectivity index (χ4v) is 3.26. The highest BCUT2D eigenvalue weighted by molar-refractivity contribution is 5.94. The van der Waals surface area contributed by atoms with Crippen molar-refractivity contribution in [2.45, 2.75) is 32.3 Å². The van der Waals surface area contributed by atoms with Gasteiger partial charge in [0.05, 0.1) is 0 Å². The molecule has 0 bridgehead atoms. The van der Waals surface area contributed by atoms with E-state index in [9.17, 15) is 9.59 Å². The number of nitrogens with one attached hydrogen (secondary N) is 1. The van der Waals surface area contributed by atoms with Crippen molar-refractivity contribution in [3.63, 3.8) is 0 Å². The molecule has 0 saturated carbocycles. The van der Waals surface area contributed by atoms with Crippen LogP contribution in [-0.4, -0.2) is 42.5 Å². The predicted molar refractivity (Wildman–Crippen MR) is 105 cm³/mol. The molecule has 0 atom stereocenters. The summed E-state index contributed by atoms with van der Waals surface area (Å²) in [6.45, 7) is 3.64. The van der Waals surface area contributed by atoms with E-state index in [0.717, 1.165) is 32.4 Å². The summed E-state index contributed by atoms with van der Waals surface area (Å²) < 4.78 is 6.03. The van der Waals surface area contributed by atoms with Crippen molar-refractivity contribution in [2.24, 2.45) is 0 Å². The number of hydrogen-bond donors (Lipinski definition) is 1. The molecule has 0 radical (unpaired) electrons. The third kappa shape index (κ3) is 5.58. The standard InChI is InChI=1S/C22H26N2O3/c1-17(25)24-14-11-20(12-15-24)27-21-9-5-8-19(16-21)22(26)23-13-10-18-6-3-2-4-7-18/h2-9,16,20H,10-15H2,1H3,(H,23,26). The molecule has 27 heavy (non-hydrogen) atoms. The highest BCUT2D eigenvalue weighted by Gasteiger charge is 2.22. The number of carbonyl (C=O) groups is 2. The molecule has 5 heteroatoms. The number of amides is 2. The monoisotopic (exact) mass is 366 g/mol. The minimum atomic E-state index is -0.0946. The highest BCUT2D eigenvalue weighted by atomic mass is 16.5. The summed E-state index contributed by atoms with van der Waals surface area (Å²) in [4.78, 5) is 25.6. The summed E-state index contributed by atoms with van der Waals surface area (Å²) in [5, 5.41) is 2.96. The number of nitrogens with zero attached hydrogens (tertiary/aromatic N) is 1. The minimum Gasteiger partial charge on any atom is -0.490 e. The second-order valence-electron chi connectivity index (χ2n) is 6.84. The van der Waals surface area contributed by atoms with Gasteiger partial charge in [-0.1, -0.05) is 36.4 Å². The molecule has 0 aromatic heterocycles. The smallest absolute Gasteiger partial charge is 0.251 e. The van der Waals surface area contributed by atoms with E-state index < -0.39 is 0 Å². The van der Waals surface area contributed by atoms with Gasteiger partial charge < -0.3 is 15.0 Å². The molecule has 1 N–H and O–H groups in total. The Kier molecular flexibility index (Phi) is 6.47. The van der Waals surface area contributed by atoms with E-state index in [-0.39, 0.29) is 17.9 Å². The topological polar surface area (TPSA) is 58.6 Å². The average Bonchev–Trinajstić information content (AvgIpc) is 2.69. The van der Waals surface area contributed by atoms with E-state index in [1.165, 1.54) is 5.56 Å². The number of ether oxygens (including phenoxy) is 1. The molecular weight excluding hydrogens is 340 g/mol. The maximum Gasteiger partial charge on any atom is 0.251 e. The Morgan fingerprint density at radius 1 is 1.07 bits per heavy atom. The van der Waals surface area contributed by atoms with Gasteiger partial charge in [0, 0.05) is 45.0 Å². The minimum absolute atomic E-state index is 0.0805. The molecule has 0 unspecified atom stereocenters. The second-order valence-corrected chi connectivity index (χ2v) is 6.84. The lowest BCUT2D eigenvalue weighted by Gasteiger charge is -2.31. The summed E-state index contributed by atoms with van der Waals surface area (Å²) in [5.74, 6) is 0.720. The zero-order chi connectivity index (χ0) is 19.1. The Bertz CT molecular complexity index is 768. The van der Waals surface area contributed by atoms with Gasteiger partial charge in [0.25, 0.3) is 5.91 Å². The first-order chi connectivity index (χ1) is 13.1. The van der Waals surface area contributed by atoms with Gasteiger partial charge in [-0.05, 0) is 30.2 Å². The van der Waals surface area contributed by atoms with E-state index in [1.807, 2.05) is 35.2 Å². The quantitative estimate of drug-likeness (QED) is 0.855. The predicted octanol–water partition coefficient (Wildman–Crippen LogP) is 3.05. The van der Waals surface area contributed by atoms with Crippen LogP contribution < -0.4 is 10.1 Å². The number of likely N-dealkylation sites (tertiary alicyclic amines) is 1. The van der Waals surface area contributed by atoms with Gasteiger partial charge in [-0.25, -0.2) is 0 Å². The normalized spacial score (nSPS) is 14.6. The molecule has 142 valence electrons. The Hall–Kier alpha value is -2.82. The number of rotatable bonds is 6. The van der Waals surface area contributed by atoms with Crippen LogP contribution in [0.15, 0.2) is 54.6 Å². The molecule has 0 aliphatic carbocycles. The van der Waals surface area contributed by atoms with Gasteiger partial charge >= 0.3 is 0 Å². The van der Waals surface area contributed by atoms with Crippen molar-refractivity contribution < 1.29 is 14.3 Å². The van der Waals surface area contributed by atoms with Crippen LogP contribution in [0.3, 0.4) is 0 Å². The van der Waals surface area contributed by atoms with Crippen molar-refractivity contribution >= 4 is 11.8 Å². The Morgan fingerprint density at radius 2 is 1.81 bits per heavy atom. The van der Waals surface area contributed by atoms with Crippen LogP contribution in [0.5, 0.6) is 5.75 Å². The Balaban J connectivity index is 1.49. The zero-order valence-electron chi connectivity index (χ0n) is 15.7. The zero-order valence-corrected chi connectivity index (χ0v) is 15.7. The molecule has 0 spiro atoms. The summed E-state index contributed by atoms with van der Waals surface area (Å²) in [6.07, 6.45) is 2.51. The Morgan fingerprint density at radius 3 is 2.52 bits per heavy atom. The lowest BCUT2D eigenvalue weighted by atomic mass is 10.1. The summed E-state index contributed by atoms with van der Waals surface area (Å²) in [6, 6.07) is 17.4. The van der Waals surface area contributed by atoms with Crippen LogP contribution in [0.1, 0.15) is 35.7 Å². The lowest BCUT2D eigenvalue weighted by molar-refractivity contribution is -0.130. The summed E-state index contributed by atoms with van der Waals surface area (Å²) >= 11 is 0. The van der Waals surface area contributed by atoms with Crippen LogP contribution in [0.2, 0.25) is 0 Å². The maximum atomic E-state index is 12.4. The van der Waals surface area contributed by atoms with E-state index in [0.29, 0.717) is 17.9 Å². The van der Waals surface area contributed by atoms with Crippen LogP contribution in [-0.2, 0) is 11.2 Å². The number of hydrogen-bond acceptors (Lipinski definition) is 3. The van der Waals surface area contributed by atoms with Gasteiger partial charge in [0.15, 0.2) is 0 Å². The summed E-state index contributed by atoms with van der Waals surface area (Å²) in [5.41, 5.74) is 1.80.